The molecule has 0 radical (unpaired) electrons. The van der Waals surface area contributed by atoms with E-state index >= 15 is 0 Å². The summed E-state index contributed by atoms with van der Waals surface area (Å²) in [6, 6.07) is 0. The first-order valence-electron chi connectivity index (χ1n) is 5.58. The topological polar surface area (TPSA) is 12.0 Å². The molecule has 1 aliphatic rings. The molecule has 0 aromatic carbocycles. The molecule has 0 spiro atoms. The molecule has 1 heterocycles. The van der Waals surface area contributed by atoms with Gasteiger partial charge in [-0.15, -0.1) is 6.58 Å². The van der Waals surface area contributed by atoms with Gasteiger partial charge in [0, 0.05) is 12.0 Å². The van der Waals surface area contributed by atoms with Gasteiger partial charge in [0.2, 0.25) is 0 Å². The molecule has 1 unspecified atom stereocenters. The summed E-state index contributed by atoms with van der Waals surface area (Å²) < 4.78 is 0. The number of allylic oxidation sites excluding steroid dienone is 1. The van der Waals surface area contributed by atoms with Crippen LogP contribution in [0.15, 0.2) is 12.7 Å². The Morgan fingerprint density at radius 2 is 2.36 bits per heavy atom. The average molecular weight is 211 g/mol. The maximum absolute atomic E-state index is 5.44. The number of rotatable bonds is 4. The Labute approximate surface area is 93.0 Å². The van der Waals surface area contributed by atoms with Crippen molar-refractivity contribution >= 4 is 17.2 Å². The van der Waals surface area contributed by atoms with Gasteiger partial charge in [-0.25, -0.2) is 0 Å². The van der Waals surface area contributed by atoms with Gasteiger partial charge in [-0.05, 0) is 32.1 Å². The Morgan fingerprint density at radius 1 is 1.57 bits per heavy atom. The van der Waals surface area contributed by atoms with Crippen molar-refractivity contribution in [2.24, 2.45) is 5.41 Å². The lowest BCUT2D eigenvalue weighted by atomic mass is 9.81. The van der Waals surface area contributed by atoms with Crippen molar-refractivity contribution in [3.05, 3.63) is 12.7 Å². The molecule has 14 heavy (non-hydrogen) atoms. The summed E-state index contributed by atoms with van der Waals surface area (Å²) in [6.45, 7) is 7.12. The lowest BCUT2D eigenvalue weighted by Crippen LogP contribution is -2.35. The Hall–Kier alpha value is -0.370. The summed E-state index contributed by atoms with van der Waals surface area (Å²) in [4.78, 5) is 1.08. The predicted molar refractivity (Wildman–Crippen MR) is 66.6 cm³/mol. The molecule has 1 nitrogen and oxygen atoms in total. The highest BCUT2D eigenvalue weighted by Crippen LogP contribution is 2.33. The first kappa shape index (κ1) is 11.7. The number of nitrogens with one attached hydrogen (secondary N) is 1. The van der Waals surface area contributed by atoms with Gasteiger partial charge in [0.05, 0.1) is 4.99 Å². The second-order valence-corrected chi connectivity index (χ2v) is 4.86. The number of thiocarbonyl (C=S) groups is 1. The second-order valence-electron chi connectivity index (χ2n) is 4.45. The highest BCUT2D eigenvalue weighted by molar-refractivity contribution is 7.80. The summed E-state index contributed by atoms with van der Waals surface area (Å²) in [5.74, 6) is 0. The fourth-order valence-corrected chi connectivity index (χ4v) is 2.35. The Morgan fingerprint density at radius 3 is 3.07 bits per heavy atom. The molecule has 1 saturated heterocycles. The monoisotopic (exact) mass is 211 g/mol. The van der Waals surface area contributed by atoms with Gasteiger partial charge in [0.25, 0.3) is 0 Å². The van der Waals surface area contributed by atoms with E-state index in [2.05, 4.69) is 18.8 Å². The number of hydrogen-bond donors (Lipinski definition) is 1. The van der Waals surface area contributed by atoms with E-state index in [-0.39, 0.29) is 5.41 Å². The smallest absolute Gasteiger partial charge is 0.0813 e. The molecule has 0 saturated carbocycles. The van der Waals surface area contributed by atoms with E-state index in [1.807, 2.05) is 6.08 Å². The van der Waals surface area contributed by atoms with E-state index in [0.717, 1.165) is 18.0 Å². The van der Waals surface area contributed by atoms with E-state index in [1.165, 1.54) is 32.1 Å². The van der Waals surface area contributed by atoms with Gasteiger partial charge < -0.3 is 5.32 Å². The Balaban J connectivity index is 2.49. The van der Waals surface area contributed by atoms with Gasteiger partial charge in [0.15, 0.2) is 0 Å². The molecule has 1 atom stereocenters. The molecule has 0 bridgehead atoms. The number of unbranched alkanes of at least 4 members (excludes halogenated alkanes) is 1. The van der Waals surface area contributed by atoms with E-state index in [9.17, 15) is 0 Å². The van der Waals surface area contributed by atoms with Crippen LogP contribution in [-0.2, 0) is 0 Å². The van der Waals surface area contributed by atoms with Crippen LogP contribution in [0.3, 0.4) is 0 Å². The molecule has 0 aromatic rings. The van der Waals surface area contributed by atoms with Crippen molar-refractivity contribution in [1.82, 2.24) is 5.32 Å². The summed E-state index contributed by atoms with van der Waals surface area (Å²) in [6.07, 6.45) is 9.33. The molecule has 0 aliphatic carbocycles. The third kappa shape index (κ3) is 3.09. The lowest BCUT2D eigenvalue weighted by molar-refractivity contribution is 0.380. The van der Waals surface area contributed by atoms with Crippen LogP contribution >= 0.6 is 12.2 Å². The van der Waals surface area contributed by atoms with E-state index < -0.39 is 0 Å². The molecular formula is C12H21NS. The maximum Gasteiger partial charge on any atom is 0.0813 e. The normalized spacial score (nSPS) is 27.9. The third-order valence-electron chi connectivity index (χ3n) is 3.13. The summed E-state index contributed by atoms with van der Waals surface area (Å²) in [5, 5.41) is 3.37. The van der Waals surface area contributed by atoms with Crippen LogP contribution in [0.2, 0.25) is 0 Å². The fraction of sp³-hybridized carbons (Fsp3) is 0.750. The van der Waals surface area contributed by atoms with Crippen molar-refractivity contribution < 1.29 is 0 Å². The fourth-order valence-electron chi connectivity index (χ4n) is 2.04. The zero-order valence-corrected chi connectivity index (χ0v) is 9.96. The molecule has 1 aliphatic heterocycles. The first-order chi connectivity index (χ1) is 6.69. The third-order valence-corrected chi connectivity index (χ3v) is 3.76. The zero-order chi connectivity index (χ0) is 10.4. The summed E-state index contributed by atoms with van der Waals surface area (Å²) >= 11 is 5.44. The van der Waals surface area contributed by atoms with E-state index in [1.54, 1.807) is 0 Å². The van der Waals surface area contributed by atoms with Crippen LogP contribution in [0.1, 0.15) is 45.4 Å². The minimum Gasteiger partial charge on any atom is -0.379 e. The predicted octanol–water partition coefficient (Wildman–Crippen LogP) is 3.45. The van der Waals surface area contributed by atoms with Crippen molar-refractivity contribution in [2.45, 2.75) is 45.4 Å². The molecule has 1 N–H and O–H groups in total. The highest BCUT2D eigenvalue weighted by atomic mass is 32.1. The van der Waals surface area contributed by atoms with Gasteiger partial charge >= 0.3 is 0 Å². The maximum atomic E-state index is 5.44. The molecular weight excluding hydrogens is 190 g/mol. The summed E-state index contributed by atoms with van der Waals surface area (Å²) in [7, 11) is 0. The molecule has 1 rings (SSSR count). The quantitative estimate of drug-likeness (QED) is 0.434. The van der Waals surface area contributed by atoms with E-state index in [4.69, 9.17) is 12.2 Å². The van der Waals surface area contributed by atoms with Gasteiger partial charge in [-0.2, -0.15) is 0 Å². The standard InChI is InChI=1S/C12H21NS/c1-3-4-5-8-12(2)9-6-7-10-13-11(12)14/h3H,1,4-10H2,2H3,(H,13,14). The zero-order valence-electron chi connectivity index (χ0n) is 9.14. The van der Waals surface area contributed by atoms with Gasteiger partial charge in [-0.3, -0.25) is 0 Å². The SMILES string of the molecule is C=CCCCC1(C)CCCCNC1=S. The Bertz CT molecular complexity index is 212. The largest absolute Gasteiger partial charge is 0.379 e. The van der Waals surface area contributed by atoms with Crippen molar-refractivity contribution in [3.63, 3.8) is 0 Å². The van der Waals surface area contributed by atoms with Crippen molar-refractivity contribution in [1.29, 1.82) is 0 Å². The molecule has 1 fully saturated rings. The van der Waals surface area contributed by atoms with Crippen molar-refractivity contribution in [2.75, 3.05) is 6.54 Å². The van der Waals surface area contributed by atoms with Gasteiger partial charge in [-0.1, -0.05) is 31.6 Å². The van der Waals surface area contributed by atoms with Crippen LogP contribution in [0.25, 0.3) is 0 Å². The lowest BCUT2D eigenvalue weighted by Gasteiger charge is -2.28. The average Bonchev–Trinajstić information content (AvgIpc) is 2.31. The highest BCUT2D eigenvalue weighted by Gasteiger charge is 2.29. The second kappa shape index (κ2) is 5.50. The molecule has 0 amide bonds. The van der Waals surface area contributed by atoms with Crippen LogP contribution in [0, 0.1) is 5.41 Å². The van der Waals surface area contributed by atoms with Crippen LogP contribution in [0.4, 0.5) is 0 Å². The van der Waals surface area contributed by atoms with Crippen molar-refractivity contribution in [3.8, 4) is 0 Å². The van der Waals surface area contributed by atoms with Crippen LogP contribution in [-0.4, -0.2) is 11.5 Å². The molecule has 0 aromatic heterocycles. The minimum absolute atomic E-state index is 0.245. The Kier molecular flexibility index (Phi) is 4.59. The molecule has 80 valence electrons. The summed E-state index contributed by atoms with van der Waals surface area (Å²) in [5.41, 5.74) is 0.245. The minimum atomic E-state index is 0.245. The first-order valence-corrected chi connectivity index (χ1v) is 5.99. The van der Waals surface area contributed by atoms with Gasteiger partial charge in [0.1, 0.15) is 0 Å². The van der Waals surface area contributed by atoms with Crippen LogP contribution < -0.4 is 5.32 Å². The molecule has 2 heteroatoms. The van der Waals surface area contributed by atoms with Crippen LogP contribution in [0.5, 0.6) is 0 Å². The van der Waals surface area contributed by atoms with E-state index in [0.29, 0.717) is 0 Å². The number of hydrogen-bond acceptors (Lipinski definition) is 1.